The van der Waals surface area contributed by atoms with E-state index in [0.717, 1.165) is 23.4 Å². The number of rotatable bonds is 2. The molecule has 0 aliphatic rings. The van der Waals surface area contributed by atoms with Crippen LogP contribution in [0.4, 0.5) is 0 Å². The second kappa shape index (κ2) is 4.20. The van der Waals surface area contributed by atoms with Crippen LogP contribution in [-0.2, 0) is 12.4 Å². The van der Waals surface area contributed by atoms with E-state index in [1.165, 1.54) is 0 Å². The van der Waals surface area contributed by atoms with Gasteiger partial charge in [-0.25, -0.2) is 4.98 Å². The largest absolute Gasteiger partial charge is 0.327 e. The second-order valence-electron chi connectivity index (χ2n) is 3.16. The van der Waals surface area contributed by atoms with Gasteiger partial charge in [-0.05, 0) is 19.1 Å². The van der Waals surface area contributed by atoms with Gasteiger partial charge < -0.3 is 4.57 Å². The van der Waals surface area contributed by atoms with Crippen LogP contribution < -0.4 is 0 Å². The fourth-order valence-corrected chi connectivity index (χ4v) is 2.14. The van der Waals surface area contributed by atoms with Gasteiger partial charge in [0.05, 0.1) is 27.0 Å². The van der Waals surface area contributed by atoms with E-state index in [1.807, 2.05) is 17.6 Å². The van der Waals surface area contributed by atoms with E-state index in [9.17, 15) is 0 Å². The lowest BCUT2D eigenvalue weighted by Gasteiger charge is -2.03. The average Bonchev–Trinajstić information content (AvgIpc) is 2.56. The molecule has 2 aromatic rings. The Morgan fingerprint density at radius 3 is 2.53 bits per heavy atom. The Labute approximate surface area is 103 Å². The number of imidazole rings is 1. The summed E-state index contributed by atoms with van der Waals surface area (Å²) in [6.07, 6.45) is 0. The first-order chi connectivity index (χ1) is 7.17. The fraction of sp³-hybridized carbons (Fsp3) is 0.300. The van der Waals surface area contributed by atoms with Gasteiger partial charge in [0, 0.05) is 6.54 Å². The molecule has 0 saturated heterocycles. The summed E-state index contributed by atoms with van der Waals surface area (Å²) in [6, 6.07) is 3.59. The van der Waals surface area contributed by atoms with Crippen LogP contribution in [0.2, 0.25) is 10.0 Å². The number of nitrogens with zero attached hydrogens (tertiary/aromatic N) is 2. The van der Waals surface area contributed by atoms with Crippen molar-refractivity contribution in [3.05, 3.63) is 28.0 Å². The van der Waals surface area contributed by atoms with Crippen molar-refractivity contribution in [2.45, 2.75) is 19.3 Å². The molecule has 0 spiro atoms. The second-order valence-corrected chi connectivity index (χ2v) is 4.24. The molecule has 2 nitrogen and oxygen atoms in total. The molecule has 0 amide bonds. The molecular formula is C10H9Cl3N2. The van der Waals surface area contributed by atoms with Crippen molar-refractivity contribution in [1.82, 2.24) is 9.55 Å². The van der Waals surface area contributed by atoms with Crippen LogP contribution >= 0.6 is 34.8 Å². The number of halogens is 3. The van der Waals surface area contributed by atoms with Gasteiger partial charge in [-0.3, -0.25) is 0 Å². The van der Waals surface area contributed by atoms with E-state index in [-0.39, 0.29) is 0 Å². The normalized spacial score (nSPS) is 11.2. The highest BCUT2D eigenvalue weighted by atomic mass is 35.5. The first-order valence-corrected chi connectivity index (χ1v) is 5.86. The molecule has 5 heteroatoms. The first kappa shape index (κ1) is 11.1. The van der Waals surface area contributed by atoms with E-state index >= 15 is 0 Å². The molecule has 0 radical (unpaired) electrons. The van der Waals surface area contributed by atoms with Crippen molar-refractivity contribution in [2.24, 2.45) is 0 Å². The van der Waals surface area contributed by atoms with Gasteiger partial charge in [0.25, 0.3) is 0 Å². The number of hydrogen-bond acceptors (Lipinski definition) is 1. The maximum atomic E-state index is 5.96. The molecule has 0 N–H and O–H groups in total. The summed E-state index contributed by atoms with van der Waals surface area (Å²) in [6.45, 7) is 2.86. The van der Waals surface area contributed by atoms with E-state index < -0.39 is 0 Å². The topological polar surface area (TPSA) is 17.8 Å². The maximum Gasteiger partial charge on any atom is 0.124 e. The number of benzene rings is 1. The molecule has 0 bridgehead atoms. The van der Waals surface area contributed by atoms with Crippen LogP contribution in [0, 0.1) is 0 Å². The van der Waals surface area contributed by atoms with E-state index in [4.69, 9.17) is 34.8 Å². The van der Waals surface area contributed by atoms with Gasteiger partial charge in [0.2, 0.25) is 0 Å². The van der Waals surface area contributed by atoms with Gasteiger partial charge in [-0.1, -0.05) is 23.2 Å². The predicted octanol–water partition coefficient (Wildman–Crippen LogP) is 4.10. The molecule has 1 heterocycles. The van der Waals surface area contributed by atoms with Gasteiger partial charge in [0.1, 0.15) is 5.82 Å². The van der Waals surface area contributed by atoms with Crippen molar-refractivity contribution >= 4 is 45.8 Å². The summed E-state index contributed by atoms with van der Waals surface area (Å²) in [5, 5.41) is 1.06. The monoisotopic (exact) mass is 262 g/mol. The molecule has 15 heavy (non-hydrogen) atoms. The first-order valence-electron chi connectivity index (χ1n) is 4.57. The molecule has 2 rings (SSSR count). The molecule has 0 aliphatic carbocycles. The minimum atomic E-state index is 0.387. The van der Waals surface area contributed by atoms with Crippen molar-refractivity contribution in [3.8, 4) is 0 Å². The van der Waals surface area contributed by atoms with E-state index in [1.54, 1.807) is 6.07 Å². The maximum absolute atomic E-state index is 5.96. The molecule has 0 aliphatic heterocycles. The molecule has 0 saturated carbocycles. The molecule has 1 aromatic heterocycles. The molecule has 1 aromatic carbocycles. The fourth-order valence-electron chi connectivity index (χ4n) is 1.62. The predicted molar refractivity (Wildman–Crippen MR) is 65.0 cm³/mol. The third-order valence-corrected chi connectivity index (χ3v) is 3.27. The number of alkyl halides is 1. The zero-order valence-electron chi connectivity index (χ0n) is 8.10. The number of fused-ring (bicyclic) bond motifs is 1. The Kier molecular flexibility index (Phi) is 3.10. The number of hydrogen-bond donors (Lipinski definition) is 0. The summed E-state index contributed by atoms with van der Waals surface area (Å²) < 4.78 is 2.03. The average molecular weight is 264 g/mol. The van der Waals surface area contributed by atoms with Crippen molar-refractivity contribution in [1.29, 1.82) is 0 Å². The molecule has 0 atom stereocenters. The standard InChI is InChI=1S/C10H9Cl3N2/c1-2-15-9-4-7(13)6(12)3-8(9)14-10(15)5-11/h3-4H,2,5H2,1H3. The number of aryl methyl sites for hydroxylation is 1. The molecular weight excluding hydrogens is 254 g/mol. The third kappa shape index (κ3) is 1.82. The van der Waals surface area contributed by atoms with Crippen LogP contribution in [0.3, 0.4) is 0 Å². The zero-order valence-corrected chi connectivity index (χ0v) is 10.4. The smallest absolute Gasteiger partial charge is 0.124 e. The van der Waals surface area contributed by atoms with Gasteiger partial charge >= 0.3 is 0 Å². The Hall–Kier alpha value is -0.440. The van der Waals surface area contributed by atoms with Gasteiger partial charge in [0.15, 0.2) is 0 Å². The molecule has 80 valence electrons. The lowest BCUT2D eigenvalue weighted by molar-refractivity contribution is 0.747. The Bertz CT molecular complexity index is 505. The quantitative estimate of drug-likeness (QED) is 0.746. The van der Waals surface area contributed by atoms with Crippen LogP contribution in [0.1, 0.15) is 12.7 Å². The Morgan fingerprint density at radius 1 is 1.27 bits per heavy atom. The summed E-state index contributed by atoms with van der Waals surface area (Å²) in [5.74, 6) is 1.23. The van der Waals surface area contributed by atoms with Gasteiger partial charge in [-0.2, -0.15) is 0 Å². The summed E-state index contributed by atoms with van der Waals surface area (Å²) in [4.78, 5) is 4.39. The van der Waals surface area contributed by atoms with E-state index in [2.05, 4.69) is 4.98 Å². The molecule has 0 unspecified atom stereocenters. The van der Waals surface area contributed by atoms with Crippen LogP contribution in [0.25, 0.3) is 11.0 Å². The lowest BCUT2D eigenvalue weighted by atomic mass is 10.3. The van der Waals surface area contributed by atoms with Gasteiger partial charge in [-0.15, -0.1) is 11.6 Å². The minimum absolute atomic E-state index is 0.387. The lowest BCUT2D eigenvalue weighted by Crippen LogP contribution is -1.98. The Morgan fingerprint density at radius 2 is 1.93 bits per heavy atom. The van der Waals surface area contributed by atoms with Crippen molar-refractivity contribution in [3.63, 3.8) is 0 Å². The van der Waals surface area contributed by atoms with Crippen LogP contribution in [0.5, 0.6) is 0 Å². The Balaban J connectivity index is 2.77. The zero-order chi connectivity index (χ0) is 11.0. The highest BCUT2D eigenvalue weighted by Gasteiger charge is 2.10. The highest BCUT2D eigenvalue weighted by molar-refractivity contribution is 6.42. The molecule has 0 fully saturated rings. The van der Waals surface area contributed by atoms with Crippen molar-refractivity contribution < 1.29 is 0 Å². The minimum Gasteiger partial charge on any atom is -0.327 e. The summed E-state index contributed by atoms with van der Waals surface area (Å²) in [5.41, 5.74) is 1.81. The summed E-state index contributed by atoms with van der Waals surface area (Å²) in [7, 11) is 0. The van der Waals surface area contributed by atoms with Crippen LogP contribution in [-0.4, -0.2) is 9.55 Å². The number of aromatic nitrogens is 2. The summed E-state index contributed by atoms with van der Waals surface area (Å²) >= 11 is 17.7. The van der Waals surface area contributed by atoms with Crippen molar-refractivity contribution in [2.75, 3.05) is 0 Å². The van der Waals surface area contributed by atoms with Crippen LogP contribution in [0.15, 0.2) is 12.1 Å². The third-order valence-electron chi connectivity index (χ3n) is 2.31. The SMILES string of the molecule is CCn1c(CCl)nc2cc(Cl)c(Cl)cc21. The highest BCUT2D eigenvalue weighted by Crippen LogP contribution is 2.28. The van der Waals surface area contributed by atoms with E-state index in [0.29, 0.717) is 15.9 Å².